The van der Waals surface area contributed by atoms with Gasteiger partial charge in [-0.1, -0.05) is 91.2 Å². The fourth-order valence-electron chi connectivity index (χ4n) is 7.88. The Morgan fingerprint density at radius 2 is 1.86 bits per heavy atom. The summed E-state index contributed by atoms with van der Waals surface area (Å²) in [5, 5.41) is 7.73. The van der Waals surface area contributed by atoms with Crippen LogP contribution >= 0.6 is 15.9 Å². The van der Waals surface area contributed by atoms with Gasteiger partial charge in [0.05, 0.1) is 36.6 Å². The van der Waals surface area contributed by atoms with Crippen LogP contribution in [0.25, 0.3) is 0 Å². The molecular formula is C34H44BBrN2O5. The summed E-state index contributed by atoms with van der Waals surface area (Å²) in [7, 11) is -0.499. The number of ether oxygens (including phenoxy) is 1. The van der Waals surface area contributed by atoms with Gasteiger partial charge < -0.3 is 24.2 Å². The van der Waals surface area contributed by atoms with Crippen LogP contribution < -0.4 is 5.32 Å². The third kappa shape index (κ3) is 6.07. The third-order valence-electron chi connectivity index (χ3n) is 10.4. The summed E-state index contributed by atoms with van der Waals surface area (Å²) in [6, 6.07) is 18.0. The minimum Gasteiger partial charge on any atom is -0.404 e. The van der Waals surface area contributed by atoms with E-state index in [1.165, 1.54) is 6.42 Å². The standard InChI is InChI=1S/C34H44BBrN2O5/c1-22(2)14-30(35-41-29-17-25-16-28(32(25,3)4)33(29,5)42-35)37-31(39)34(18-23-10-7-6-8-11-23)19-27(38-43-34)21-40-20-24-12-9-13-26(36)15-24/h6-13,15,22,25,28-30H,14,16-21H2,1-5H3,(H,37,39)/t25-,28-,29+,30-,33-,34?/m0/s1. The first-order valence-corrected chi connectivity index (χ1v) is 16.5. The number of benzene rings is 2. The van der Waals surface area contributed by atoms with Gasteiger partial charge in [0.2, 0.25) is 5.60 Å². The van der Waals surface area contributed by atoms with Gasteiger partial charge >= 0.3 is 7.12 Å². The first kappa shape index (κ1) is 30.8. The van der Waals surface area contributed by atoms with Crippen molar-refractivity contribution in [2.45, 2.75) is 96.6 Å². The number of nitrogens with zero attached hydrogens (tertiary/aromatic N) is 1. The maximum atomic E-state index is 14.3. The molecule has 3 saturated carbocycles. The molecule has 1 saturated heterocycles. The number of rotatable bonds is 11. The Labute approximate surface area is 264 Å². The van der Waals surface area contributed by atoms with E-state index in [9.17, 15) is 4.79 Å². The molecule has 6 atom stereocenters. The maximum Gasteiger partial charge on any atom is 0.481 e. The van der Waals surface area contributed by atoms with E-state index < -0.39 is 12.7 Å². The predicted molar refractivity (Wildman–Crippen MR) is 171 cm³/mol. The lowest BCUT2D eigenvalue weighted by Gasteiger charge is -2.64. The summed E-state index contributed by atoms with van der Waals surface area (Å²) in [4.78, 5) is 20.4. The summed E-state index contributed by atoms with van der Waals surface area (Å²) < 4.78 is 20.4. The highest BCUT2D eigenvalue weighted by Crippen LogP contribution is 2.65. The lowest BCUT2D eigenvalue weighted by atomic mass is 9.43. The summed E-state index contributed by atoms with van der Waals surface area (Å²) >= 11 is 3.51. The minimum atomic E-state index is -1.18. The Morgan fingerprint density at radius 1 is 1.09 bits per heavy atom. The van der Waals surface area contributed by atoms with Gasteiger partial charge in [0.15, 0.2) is 0 Å². The molecule has 43 heavy (non-hydrogen) atoms. The highest BCUT2D eigenvalue weighted by molar-refractivity contribution is 9.10. The molecule has 0 radical (unpaired) electrons. The lowest BCUT2D eigenvalue weighted by molar-refractivity contribution is -0.199. The quantitative estimate of drug-likeness (QED) is 0.280. The highest BCUT2D eigenvalue weighted by atomic mass is 79.9. The smallest absolute Gasteiger partial charge is 0.404 e. The molecule has 2 aromatic carbocycles. The second kappa shape index (κ2) is 12.0. The number of oxime groups is 1. The topological polar surface area (TPSA) is 78.4 Å². The zero-order valence-electron chi connectivity index (χ0n) is 26.0. The number of halogens is 1. The van der Waals surface area contributed by atoms with Crippen molar-refractivity contribution in [1.29, 1.82) is 0 Å². The third-order valence-corrected chi connectivity index (χ3v) is 10.8. The van der Waals surface area contributed by atoms with E-state index in [4.69, 9.17) is 18.9 Å². The molecular weight excluding hydrogens is 607 g/mol. The van der Waals surface area contributed by atoms with Crippen molar-refractivity contribution >= 4 is 34.7 Å². The van der Waals surface area contributed by atoms with E-state index in [0.29, 0.717) is 43.8 Å². The lowest BCUT2D eigenvalue weighted by Crippen LogP contribution is -2.65. The molecule has 1 N–H and O–H groups in total. The molecule has 7 nitrogen and oxygen atoms in total. The molecule has 5 aliphatic rings. The van der Waals surface area contributed by atoms with E-state index >= 15 is 0 Å². The molecule has 3 aliphatic carbocycles. The molecule has 7 rings (SSSR count). The molecule has 2 aliphatic heterocycles. The van der Waals surface area contributed by atoms with Gasteiger partial charge in [-0.3, -0.25) is 4.79 Å². The number of hydrogen-bond donors (Lipinski definition) is 1. The zero-order chi connectivity index (χ0) is 30.4. The number of hydrogen-bond acceptors (Lipinski definition) is 6. The minimum absolute atomic E-state index is 0.0548. The average molecular weight is 651 g/mol. The molecule has 4 fully saturated rings. The van der Waals surface area contributed by atoms with Gasteiger partial charge in [0.25, 0.3) is 5.91 Å². The van der Waals surface area contributed by atoms with Crippen LogP contribution in [0.15, 0.2) is 64.2 Å². The van der Waals surface area contributed by atoms with Crippen LogP contribution in [0.5, 0.6) is 0 Å². The number of amides is 1. The first-order chi connectivity index (χ1) is 20.5. The molecule has 0 spiro atoms. The highest BCUT2D eigenvalue weighted by Gasteiger charge is 2.68. The van der Waals surface area contributed by atoms with Crippen molar-refractivity contribution in [3.8, 4) is 0 Å². The summed E-state index contributed by atoms with van der Waals surface area (Å²) in [6.07, 6.45) is 3.75. The van der Waals surface area contributed by atoms with Gasteiger partial charge in [-0.25, -0.2) is 0 Å². The van der Waals surface area contributed by atoms with E-state index in [1.807, 2.05) is 54.6 Å². The second-order valence-corrected chi connectivity index (χ2v) is 15.2. The van der Waals surface area contributed by atoms with Crippen LogP contribution in [-0.4, -0.2) is 48.6 Å². The Kier molecular flexibility index (Phi) is 8.57. The normalized spacial score (nSPS) is 31.2. The molecule has 2 heterocycles. The van der Waals surface area contributed by atoms with E-state index in [2.05, 4.69) is 61.0 Å². The van der Waals surface area contributed by atoms with E-state index in [0.717, 1.165) is 34.2 Å². The van der Waals surface area contributed by atoms with Crippen LogP contribution in [0.1, 0.15) is 71.4 Å². The van der Waals surface area contributed by atoms with Crippen LogP contribution in [0.3, 0.4) is 0 Å². The van der Waals surface area contributed by atoms with Crippen LogP contribution in [0.2, 0.25) is 0 Å². The van der Waals surface area contributed by atoms with E-state index in [-0.39, 0.29) is 29.0 Å². The predicted octanol–water partition coefficient (Wildman–Crippen LogP) is 6.52. The fraction of sp³-hybridized carbons (Fsp3) is 0.588. The zero-order valence-corrected chi connectivity index (χ0v) is 27.6. The molecule has 1 unspecified atom stereocenters. The van der Waals surface area contributed by atoms with Gasteiger partial charge in [-0.2, -0.15) is 0 Å². The molecule has 9 heteroatoms. The Hall–Kier alpha value is -2.20. The largest absolute Gasteiger partial charge is 0.481 e. The molecule has 230 valence electrons. The van der Waals surface area contributed by atoms with Gasteiger partial charge in [-0.05, 0) is 72.6 Å². The van der Waals surface area contributed by atoms with Crippen LogP contribution in [-0.2, 0) is 36.7 Å². The molecule has 1 amide bonds. The van der Waals surface area contributed by atoms with Crippen molar-refractivity contribution in [2.75, 3.05) is 6.61 Å². The van der Waals surface area contributed by atoms with Crippen LogP contribution in [0, 0.1) is 23.2 Å². The molecule has 2 bridgehead atoms. The first-order valence-electron chi connectivity index (χ1n) is 15.7. The number of carbonyl (C=O) groups is 1. The Morgan fingerprint density at radius 3 is 2.58 bits per heavy atom. The Bertz CT molecular complexity index is 1360. The Balaban J connectivity index is 1.17. The number of nitrogens with one attached hydrogen (secondary N) is 1. The summed E-state index contributed by atoms with van der Waals surface area (Å²) in [5.41, 5.74) is 1.53. The van der Waals surface area contributed by atoms with Crippen LogP contribution in [0.4, 0.5) is 0 Å². The molecule has 2 aromatic rings. The SMILES string of the molecule is CC(C)C[C@H](NC(=O)C1(Cc2ccccc2)CC(COCc2cccc(Br)c2)=NO1)B1O[C@@H]2C[C@@H]3C[C@@H](C3(C)C)[C@]2(C)O1. The summed E-state index contributed by atoms with van der Waals surface area (Å²) in [6.45, 7) is 12.0. The van der Waals surface area contributed by atoms with Gasteiger partial charge in [-0.15, -0.1) is 0 Å². The van der Waals surface area contributed by atoms with Crippen molar-refractivity contribution in [2.24, 2.45) is 28.3 Å². The monoisotopic (exact) mass is 650 g/mol. The average Bonchev–Trinajstić information content (AvgIpc) is 3.54. The second-order valence-electron chi connectivity index (χ2n) is 14.3. The summed E-state index contributed by atoms with van der Waals surface area (Å²) in [5.74, 6) is 0.969. The van der Waals surface area contributed by atoms with Gasteiger partial charge in [0.1, 0.15) is 0 Å². The number of carbonyl (C=O) groups excluding carboxylic acids is 1. The van der Waals surface area contributed by atoms with Crippen molar-refractivity contribution in [3.63, 3.8) is 0 Å². The van der Waals surface area contributed by atoms with Crippen molar-refractivity contribution in [1.82, 2.24) is 5.32 Å². The molecule has 0 aromatic heterocycles. The van der Waals surface area contributed by atoms with Crippen molar-refractivity contribution in [3.05, 3.63) is 70.2 Å². The van der Waals surface area contributed by atoms with Crippen molar-refractivity contribution < 1.29 is 23.7 Å². The van der Waals surface area contributed by atoms with E-state index in [1.54, 1.807) is 0 Å². The fourth-order valence-corrected chi connectivity index (χ4v) is 8.32. The van der Waals surface area contributed by atoms with Gasteiger partial charge in [0, 0.05) is 17.3 Å². The maximum absolute atomic E-state index is 14.3.